The fourth-order valence-corrected chi connectivity index (χ4v) is 4.92. The fourth-order valence-electron chi connectivity index (χ4n) is 4.92. The number of piperidine rings is 2. The minimum Gasteiger partial charge on any atom is -0.347 e. The van der Waals surface area contributed by atoms with Gasteiger partial charge >= 0.3 is 0 Å². The zero-order chi connectivity index (χ0) is 21.7. The largest absolute Gasteiger partial charge is 0.347 e. The highest BCUT2D eigenvalue weighted by Gasteiger charge is 2.56. The van der Waals surface area contributed by atoms with Crippen LogP contribution in [0.25, 0.3) is 0 Å². The third-order valence-corrected chi connectivity index (χ3v) is 6.24. The molecular weight excluding hydrogens is 392 g/mol. The molecule has 1 atom stereocenters. The van der Waals surface area contributed by atoms with Gasteiger partial charge in [-0.3, -0.25) is 14.3 Å². The molecule has 1 unspecified atom stereocenters. The number of aryl methyl sites for hydroxylation is 3. The van der Waals surface area contributed by atoms with Crippen molar-refractivity contribution in [2.75, 3.05) is 19.6 Å². The lowest BCUT2D eigenvalue weighted by molar-refractivity contribution is -0.166. The van der Waals surface area contributed by atoms with Crippen molar-refractivity contribution in [3.63, 3.8) is 0 Å². The van der Waals surface area contributed by atoms with E-state index in [1.54, 1.807) is 39.5 Å². The first-order chi connectivity index (χ1) is 14.1. The summed E-state index contributed by atoms with van der Waals surface area (Å²) in [5.74, 6) is -3.87. The molecule has 30 heavy (non-hydrogen) atoms. The maximum atomic E-state index is 14.8. The molecule has 2 aliphatic rings. The number of nitrogens with zero attached hydrogens (tertiary/aromatic N) is 5. The van der Waals surface area contributed by atoms with E-state index in [0.29, 0.717) is 31.6 Å². The number of alkyl halides is 2. The number of hydrogen-bond acceptors (Lipinski definition) is 3. The van der Waals surface area contributed by atoms with E-state index in [4.69, 9.17) is 0 Å². The van der Waals surface area contributed by atoms with Crippen LogP contribution in [0.4, 0.5) is 8.78 Å². The molecule has 2 fully saturated rings. The van der Waals surface area contributed by atoms with Crippen molar-refractivity contribution in [2.24, 2.45) is 19.5 Å². The monoisotopic (exact) mass is 419 g/mol. The average molecular weight is 419 g/mol. The van der Waals surface area contributed by atoms with Crippen LogP contribution in [0.5, 0.6) is 0 Å². The van der Waals surface area contributed by atoms with Crippen molar-refractivity contribution >= 4 is 11.8 Å². The Morgan fingerprint density at radius 3 is 2.67 bits per heavy atom. The number of aromatic nitrogens is 3. The van der Waals surface area contributed by atoms with Gasteiger partial charge in [-0.2, -0.15) is 5.10 Å². The third-order valence-electron chi connectivity index (χ3n) is 6.24. The van der Waals surface area contributed by atoms with E-state index in [0.717, 1.165) is 16.3 Å². The zero-order valence-corrected chi connectivity index (χ0v) is 17.6. The summed E-state index contributed by atoms with van der Waals surface area (Å²) >= 11 is 0. The number of likely N-dealkylation sites (tertiary alicyclic amines) is 2. The predicted octanol–water partition coefficient (Wildman–Crippen LogP) is 2.36. The molecule has 2 aromatic rings. The topological polar surface area (TPSA) is 63.4 Å². The van der Waals surface area contributed by atoms with Crippen LogP contribution in [0.15, 0.2) is 24.4 Å². The Kier molecular flexibility index (Phi) is 4.94. The average Bonchev–Trinajstić information content (AvgIpc) is 3.22. The first-order valence-electron chi connectivity index (χ1n) is 10.2. The summed E-state index contributed by atoms with van der Waals surface area (Å²) < 4.78 is 32.9. The van der Waals surface area contributed by atoms with Crippen molar-refractivity contribution in [3.8, 4) is 0 Å². The molecule has 9 heteroatoms. The quantitative estimate of drug-likeness (QED) is 0.767. The third kappa shape index (κ3) is 3.61. The lowest BCUT2D eigenvalue weighted by Gasteiger charge is -2.49. The highest BCUT2D eigenvalue weighted by Crippen LogP contribution is 2.45. The second-order valence-electron chi connectivity index (χ2n) is 8.71. The molecule has 2 amide bonds. The summed E-state index contributed by atoms with van der Waals surface area (Å²) in [5, 5.41) is 4.30. The van der Waals surface area contributed by atoms with Crippen LogP contribution >= 0.6 is 0 Å². The standard InChI is InChI=1S/C21H27F2N5O2/c1-15-10-16(26(3)24-15)11-27-9-5-7-20(19(27)30)12-21(22,23)14-28(13-20)18(29)17-6-4-8-25(17)2/h4,6,8,10H,5,7,9,11-14H2,1-3H3. The van der Waals surface area contributed by atoms with Crippen LogP contribution in [-0.2, 0) is 25.4 Å². The van der Waals surface area contributed by atoms with Gasteiger partial charge in [0, 0.05) is 39.8 Å². The minimum absolute atomic E-state index is 0.0202. The Morgan fingerprint density at radius 2 is 2.03 bits per heavy atom. The fraction of sp³-hybridized carbons (Fsp3) is 0.571. The Morgan fingerprint density at radius 1 is 1.27 bits per heavy atom. The molecule has 2 saturated heterocycles. The molecule has 0 radical (unpaired) electrons. The number of carbonyl (C=O) groups excluding carboxylic acids is 2. The van der Waals surface area contributed by atoms with Crippen molar-refractivity contribution in [1.82, 2.24) is 24.1 Å². The molecule has 4 heterocycles. The smallest absolute Gasteiger partial charge is 0.270 e. The van der Waals surface area contributed by atoms with Crippen LogP contribution in [0.2, 0.25) is 0 Å². The van der Waals surface area contributed by atoms with Crippen molar-refractivity contribution in [1.29, 1.82) is 0 Å². The van der Waals surface area contributed by atoms with Gasteiger partial charge in [0.1, 0.15) is 5.69 Å². The van der Waals surface area contributed by atoms with Crippen LogP contribution < -0.4 is 0 Å². The van der Waals surface area contributed by atoms with Gasteiger partial charge in [-0.15, -0.1) is 0 Å². The van der Waals surface area contributed by atoms with E-state index >= 15 is 0 Å². The summed E-state index contributed by atoms with van der Waals surface area (Å²) in [6.45, 7) is 2.08. The number of amides is 2. The van der Waals surface area contributed by atoms with Gasteiger partial charge in [0.05, 0.1) is 29.9 Å². The van der Waals surface area contributed by atoms with E-state index in [-0.39, 0.29) is 12.5 Å². The first-order valence-corrected chi connectivity index (χ1v) is 10.2. The lowest BCUT2D eigenvalue weighted by Crippen LogP contribution is -2.62. The van der Waals surface area contributed by atoms with Gasteiger partial charge in [-0.05, 0) is 38.0 Å². The number of carbonyl (C=O) groups is 2. The normalized spacial score (nSPS) is 24.0. The van der Waals surface area contributed by atoms with Crippen LogP contribution in [0.1, 0.15) is 41.1 Å². The maximum Gasteiger partial charge on any atom is 0.270 e. The minimum atomic E-state index is -3.11. The van der Waals surface area contributed by atoms with Gasteiger partial charge < -0.3 is 14.4 Å². The molecule has 0 bridgehead atoms. The molecule has 0 N–H and O–H groups in total. The van der Waals surface area contributed by atoms with Crippen LogP contribution in [0.3, 0.4) is 0 Å². The summed E-state index contributed by atoms with van der Waals surface area (Å²) in [6.07, 6.45) is 2.18. The number of halogens is 2. The molecular formula is C21H27F2N5O2. The summed E-state index contributed by atoms with van der Waals surface area (Å²) in [4.78, 5) is 29.2. The van der Waals surface area contributed by atoms with Crippen molar-refractivity contribution in [3.05, 3.63) is 41.5 Å². The van der Waals surface area contributed by atoms with E-state index in [9.17, 15) is 18.4 Å². The van der Waals surface area contributed by atoms with E-state index in [2.05, 4.69) is 5.10 Å². The Bertz CT molecular complexity index is 982. The van der Waals surface area contributed by atoms with Gasteiger partial charge in [0.15, 0.2) is 0 Å². The lowest BCUT2D eigenvalue weighted by atomic mass is 9.71. The Balaban J connectivity index is 1.60. The van der Waals surface area contributed by atoms with Crippen LogP contribution in [0, 0.1) is 12.3 Å². The SMILES string of the molecule is Cc1cc(CN2CCCC3(CN(C(=O)c4cccn4C)CC(F)(F)C3)C2=O)n(C)n1. The first kappa shape index (κ1) is 20.6. The molecule has 0 aromatic carbocycles. The highest BCUT2D eigenvalue weighted by atomic mass is 19.3. The van der Waals surface area contributed by atoms with Gasteiger partial charge in [-0.1, -0.05) is 0 Å². The van der Waals surface area contributed by atoms with Crippen molar-refractivity contribution in [2.45, 2.75) is 38.7 Å². The molecule has 1 spiro atoms. The molecule has 2 aromatic heterocycles. The molecule has 0 aliphatic carbocycles. The molecule has 162 valence electrons. The Labute approximate surface area is 174 Å². The van der Waals surface area contributed by atoms with Gasteiger partial charge in [-0.25, -0.2) is 8.78 Å². The summed E-state index contributed by atoms with van der Waals surface area (Å²) in [7, 11) is 3.51. The molecule has 2 aliphatic heterocycles. The summed E-state index contributed by atoms with van der Waals surface area (Å²) in [6, 6.07) is 5.21. The van der Waals surface area contributed by atoms with Crippen LogP contribution in [-0.4, -0.2) is 61.5 Å². The summed E-state index contributed by atoms with van der Waals surface area (Å²) in [5.41, 5.74) is 0.787. The molecule has 4 rings (SSSR count). The zero-order valence-electron chi connectivity index (χ0n) is 17.6. The Hall–Kier alpha value is -2.71. The van der Waals surface area contributed by atoms with E-state index < -0.39 is 30.2 Å². The molecule has 7 nitrogen and oxygen atoms in total. The number of rotatable bonds is 3. The van der Waals surface area contributed by atoms with Crippen molar-refractivity contribution < 1.29 is 18.4 Å². The predicted molar refractivity (Wildman–Crippen MR) is 106 cm³/mol. The number of hydrogen-bond donors (Lipinski definition) is 0. The van der Waals surface area contributed by atoms with E-state index in [1.165, 1.54) is 0 Å². The molecule has 0 saturated carbocycles. The van der Waals surface area contributed by atoms with E-state index in [1.807, 2.05) is 20.0 Å². The maximum absolute atomic E-state index is 14.8. The highest BCUT2D eigenvalue weighted by molar-refractivity contribution is 5.94. The second kappa shape index (κ2) is 7.21. The van der Waals surface area contributed by atoms with Gasteiger partial charge in [0.2, 0.25) is 5.91 Å². The van der Waals surface area contributed by atoms with Gasteiger partial charge in [0.25, 0.3) is 11.8 Å². The second-order valence-corrected chi connectivity index (χ2v) is 8.71.